The number of carbonyl (C=O) groups excluding carboxylic acids is 1. The van der Waals surface area contributed by atoms with Crippen LogP contribution in [0.2, 0.25) is 0 Å². The lowest BCUT2D eigenvalue weighted by Crippen LogP contribution is -2.41. The van der Waals surface area contributed by atoms with Gasteiger partial charge in [-0.3, -0.25) is 4.79 Å². The third-order valence-corrected chi connectivity index (χ3v) is 3.31. The molecule has 0 aliphatic heterocycles. The molecule has 1 aromatic carbocycles. The molecule has 0 saturated heterocycles. The number of amides is 1. The fraction of sp³-hybridized carbons (Fsp3) is 0.375. The van der Waals surface area contributed by atoms with Crippen molar-refractivity contribution < 1.29 is 4.79 Å². The third kappa shape index (κ3) is 4.16. The molecule has 0 fully saturated rings. The number of hydrogen-bond acceptors (Lipinski definition) is 3. The Bertz CT molecular complexity index is 560. The van der Waals surface area contributed by atoms with Crippen molar-refractivity contribution >= 4 is 5.91 Å². The van der Waals surface area contributed by atoms with Crippen LogP contribution in [0.25, 0.3) is 5.69 Å². The third-order valence-electron chi connectivity index (χ3n) is 3.31. The highest BCUT2D eigenvalue weighted by atomic mass is 16.1. The number of nitrogens with two attached hydrogens (primary N) is 1. The summed E-state index contributed by atoms with van der Waals surface area (Å²) in [6.45, 7) is 4.69. The van der Waals surface area contributed by atoms with E-state index in [-0.39, 0.29) is 11.9 Å². The summed E-state index contributed by atoms with van der Waals surface area (Å²) >= 11 is 0. The van der Waals surface area contributed by atoms with Gasteiger partial charge in [-0.1, -0.05) is 13.8 Å². The van der Waals surface area contributed by atoms with Gasteiger partial charge in [0.25, 0.3) is 5.91 Å². The molecule has 0 aliphatic rings. The maximum atomic E-state index is 12.2. The smallest absolute Gasteiger partial charge is 0.251 e. The van der Waals surface area contributed by atoms with Crippen molar-refractivity contribution in [3.05, 3.63) is 48.5 Å². The molecule has 0 bridgehead atoms. The summed E-state index contributed by atoms with van der Waals surface area (Å²) in [7, 11) is 0. The quantitative estimate of drug-likeness (QED) is 0.852. The zero-order chi connectivity index (χ0) is 15.2. The van der Waals surface area contributed by atoms with Crippen molar-refractivity contribution in [1.29, 1.82) is 0 Å². The minimum Gasteiger partial charge on any atom is -0.348 e. The van der Waals surface area contributed by atoms with Crippen molar-refractivity contribution in [2.45, 2.75) is 26.3 Å². The molecule has 112 valence electrons. The van der Waals surface area contributed by atoms with Crippen LogP contribution in [0.1, 0.15) is 30.6 Å². The Balaban J connectivity index is 2.02. The van der Waals surface area contributed by atoms with Gasteiger partial charge in [0.05, 0.1) is 6.33 Å². The maximum absolute atomic E-state index is 12.2. The maximum Gasteiger partial charge on any atom is 0.251 e. The molecule has 0 saturated carbocycles. The summed E-state index contributed by atoms with van der Waals surface area (Å²) in [6, 6.07) is 7.44. The lowest BCUT2D eigenvalue weighted by molar-refractivity contribution is 0.0934. The molecule has 2 aromatic rings. The van der Waals surface area contributed by atoms with Crippen LogP contribution < -0.4 is 11.1 Å². The summed E-state index contributed by atoms with van der Waals surface area (Å²) in [5.41, 5.74) is 7.32. The van der Waals surface area contributed by atoms with E-state index >= 15 is 0 Å². The molecule has 1 heterocycles. The zero-order valence-electron chi connectivity index (χ0n) is 12.5. The largest absolute Gasteiger partial charge is 0.348 e. The molecular weight excluding hydrogens is 264 g/mol. The lowest BCUT2D eigenvalue weighted by atomic mass is 10.0. The van der Waals surface area contributed by atoms with Gasteiger partial charge in [-0.05, 0) is 36.6 Å². The number of benzene rings is 1. The van der Waals surface area contributed by atoms with E-state index in [4.69, 9.17) is 5.73 Å². The molecule has 1 atom stereocenters. The summed E-state index contributed by atoms with van der Waals surface area (Å²) in [6.07, 6.45) is 6.19. The van der Waals surface area contributed by atoms with Crippen LogP contribution in [0.5, 0.6) is 0 Å². The molecule has 1 amide bonds. The van der Waals surface area contributed by atoms with E-state index in [2.05, 4.69) is 24.1 Å². The molecule has 21 heavy (non-hydrogen) atoms. The first-order valence-corrected chi connectivity index (χ1v) is 7.19. The molecule has 0 spiro atoms. The fourth-order valence-corrected chi connectivity index (χ4v) is 2.25. The second-order valence-electron chi connectivity index (χ2n) is 5.55. The van der Waals surface area contributed by atoms with Crippen molar-refractivity contribution in [2.75, 3.05) is 6.54 Å². The van der Waals surface area contributed by atoms with Crippen LogP contribution in [-0.4, -0.2) is 28.0 Å². The van der Waals surface area contributed by atoms with Gasteiger partial charge in [-0.2, -0.15) is 0 Å². The molecule has 1 aromatic heterocycles. The predicted octanol–water partition coefficient (Wildman–Crippen LogP) is 1.98. The number of nitrogens with one attached hydrogen (secondary N) is 1. The molecule has 0 aliphatic carbocycles. The predicted molar refractivity (Wildman–Crippen MR) is 83.3 cm³/mol. The van der Waals surface area contributed by atoms with E-state index < -0.39 is 0 Å². The Kier molecular flexibility index (Phi) is 5.11. The molecule has 2 rings (SSSR count). The summed E-state index contributed by atoms with van der Waals surface area (Å²) in [5, 5.41) is 2.99. The van der Waals surface area contributed by atoms with Crippen molar-refractivity contribution in [2.24, 2.45) is 11.7 Å². The Morgan fingerprint density at radius 3 is 2.57 bits per heavy atom. The van der Waals surface area contributed by atoms with E-state index in [0.717, 1.165) is 12.1 Å². The number of nitrogens with zero attached hydrogens (tertiary/aromatic N) is 2. The molecule has 3 N–H and O–H groups in total. The van der Waals surface area contributed by atoms with E-state index in [9.17, 15) is 4.79 Å². The molecule has 1 unspecified atom stereocenters. The molecule has 5 heteroatoms. The Hall–Kier alpha value is -2.14. The van der Waals surface area contributed by atoms with Gasteiger partial charge in [-0.15, -0.1) is 0 Å². The van der Waals surface area contributed by atoms with E-state index in [1.54, 1.807) is 12.5 Å². The van der Waals surface area contributed by atoms with Gasteiger partial charge >= 0.3 is 0 Å². The van der Waals surface area contributed by atoms with Gasteiger partial charge in [0.2, 0.25) is 0 Å². The van der Waals surface area contributed by atoms with Crippen LogP contribution in [-0.2, 0) is 0 Å². The first kappa shape index (κ1) is 15.3. The highest BCUT2D eigenvalue weighted by molar-refractivity contribution is 5.94. The summed E-state index contributed by atoms with van der Waals surface area (Å²) < 4.78 is 1.89. The highest BCUT2D eigenvalue weighted by Gasteiger charge is 2.13. The molecule has 5 nitrogen and oxygen atoms in total. The Labute approximate surface area is 125 Å². The Morgan fingerprint density at radius 2 is 2.05 bits per heavy atom. The number of aromatic nitrogens is 2. The van der Waals surface area contributed by atoms with Gasteiger partial charge in [0.15, 0.2) is 0 Å². The van der Waals surface area contributed by atoms with Gasteiger partial charge in [-0.25, -0.2) is 4.98 Å². The van der Waals surface area contributed by atoms with E-state index in [1.807, 2.05) is 35.0 Å². The van der Waals surface area contributed by atoms with Crippen LogP contribution in [0.4, 0.5) is 0 Å². The van der Waals surface area contributed by atoms with Gasteiger partial charge < -0.3 is 15.6 Å². The topological polar surface area (TPSA) is 72.9 Å². The fourth-order valence-electron chi connectivity index (χ4n) is 2.25. The second-order valence-corrected chi connectivity index (χ2v) is 5.55. The van der Waals surface area contributed by atoms with Crippen molar-refractivity contribution in [3.63, 3.8) is 0 Å². The van der Waals surface area contributed by atoms with Crippen molar-refractivity contribution in [3.8, 4) is 5.69 Å². The highest BCUT2D eigenvalue weighted by Crippen LogP contribution is 2.10. The monoisotopic (exact) mass is 286 g/mol. The van der Waals surface area contributed by atoms with Gasteiger partial charge in [0.1, 0.15) is 0 Å². The van der Waals surface area contributed by atoms with E-state index in [1.165, 1.54) is 0 Å². The minimum atomic E-state index is -0.0803. The van der Waals surface area contributed by atoms with Crippen LogP contribution in [0.15, 0.2) is 43.0 Å². The lowest BCUT2D eigenvalue weighted by Gasteiger charge is -2.18. The first-order valence-electron chi connectivity index (χ1n) is 7.19. The molecule has 0 radical (unpaired) electrons. The second kappa shape index (κ2) is 7.04. The van der Waals surface area contributed by atoms with Crippen LogP contribution >= 0.6 is 0 Å². The van der Waals surface area contributed by atoms with E-state index in [0.29, 0.717) is 18.0 Å². The normalized spacial score (nSPS) is 12.4. The average molecular weight is 286 g/mol. The molecular formula is C16H22N4O. The van der Waals surface area contributed by atoms with Crippen LogP contribution in [0.3, 0.4) is 0 Å². The number of carbonyl (C=O) groups is 1. The van der Waals surface area contributed by atoms with Gasteiger partial charge in [0, 0.05) is 36.2 Å². The first-order chi connectivity index (χ1) is 10.1. The number of hydrogen-bond donors (Lipinski definition) is 2. The average Bonchev–Trinajstić information content (AvgIpc) is 3.00. The Morgan fingerprint density at radius 1 is 1.33 bits per heavy atom. The van der Waals surface area contributed by atoms with Crippen LogP contribution in [0, 0.1) is 5.92 Å². The minimum absolute atomic E-state index is 0.0193. The number of imidazole rings is 1. The standard InChI is InChI=1S/C16H22N4O/c1-12(2)9-14(10-17)19-16(21)13-3-5-15(6-4-13)20-8-7-18-11-20/h3-8,11-12,14H,9-10,17H2,1-2H3,(H,19,21). The summed E-state index contributed by atoms with van der Waals surface area (Å²) in [5.74, 6) is 0.422. The van der Waals surface area contributed by atoms with Crippen molar-refractivity contribution in [1.82, 2.24) is 14.9 Å². The SMILES string of the molecule is CC(C)CC(CN)NC(=O)c1ccc(-n2ccnc2)cc1. The summed E-state index contributed by atoms with van der Waals surface area (Å²) in [4.78, 5) is 16.2. The number of rotatable bonds is 6. The zero-order valence-corrected chi connectivity index (χ0v) is 12.5.